The number of rotatable bonds is 3. The Morgan fingerprint density at radius 2 is 1.67 bits per heavy atom. The SMILES string of the molecule is CC.Nc1ccc(C(=O)NC2CCC(N3CCNCC3)CC2)cc1. The smallest absolute Gasteiger partial charge is 0.251 e. The molecule has 1 heterocycles. The van der Waals surface area contributed by atoms with Gasteiger partial charge in [0.25, 0.3) is 5.91 Å². The highest BCUT2D eigenvalue weighted by Gasteiger charge is 2.27. The zero-order valence-electron chi connectivity index (χ0n) is 15.1. The summed E-state index contributed by atoms with van der Waals surface area (Å²) in [5.74, 6) is 0.0191. The summed E-state index contributed by atoms with van der Waals surface area (Å²) in [6.45, 7) is 8.53. The van der Waals surface area contributed by atoms with E-state index in [2.05, 4.69) is 15.5 Å². The Morgan fingerprint density at radius 3 is 2.25 bits per heavy atom. The second kappa shape index (κ2) is 9.64. The Morgan fingerprint density at radius 1 is 1.08 bits per heavy atom. The number of anilines is 1. The van der Waals surface area contributed by atoms with Crippen molar-refractivity contribution in [2.24, 2.45) is 0 Å². The summed E-state index contributed by atoms with van der Waals surface area (Å²) >= 11 is 0. The molecular formula is C19H32N4O. The first-order chi connectivity index (χ1) is 11.7. The molecule has 2 fully saturated rings. The lowest BCUT2D eigenvalue weighted by molar-refractivity contribution is 0.0894. The van der Waals surface area contributed by atoms with Crippen LogP contribution in [0.5, 0.6) is 0 Å². The summed E-state index contributed by atoms with van der Waals surface area (Å²) in [6.07, 6.45) is 4.53. The Kier molecular flexibility index (Phi) is 7.53. The molecule has 1 saturated heterocycles. The van der Waals surface area contributed by atoms with Crippen LogP contribution in [-0.2, 0) is 0 Å². The average molecular weight is 332 g/mol. The van der Waals surface area contributed by atoms with E-state index >= 15 is 0 Å². The number of nitrogens with one attached hydrogen (secondary N) is 2. The van der Waals surface area contributed by atoms with Gasteiger partial charge in [0.1, 0.15) is 0 Å². The predicted octanol–water partition coefficient (Wildman–Crippen LogP) is 2.24. The number of nitrogens with two attached hydrogens (primary N) is 1. The van der Waals surface area contributed by atoms with Gasteiger partial charge in [0.05, 0.1) is 0 Å². The van der Waals surface area contributed by atoms with Crippen molar-refractivity contribution in [3.8, 4) is 0 Å². The largest absolute Gasteiger partial charge is 0.399 e. The summed E-state index contributed by atoms with van der Waals surface area (Å²) in [5.41, 5.74) is 7.04. The van der Waals surface area contributed by atoms with Crippen LogP contribution in [0.4, 0.5) is 5.69 Å². The van der Waals surface area contributed by atoms with Crippen molar-refractivity contribution in [2.75, 3.05) is 31.9 Å². The summed E-state index contributed by atoms with van der Waals surface area (Å²) in [5, 5.41) is 6.57. The van der Waals surface area contributed by atoms with Crippen molar-refractivity contribution >= 4 is 11.6 Å². The van der Waals surface area contributed by atoms with E-state index in [4.69, 9.17) is 5.73 Å². The highest BCUT2D eigenvalue weighted by molar-refractivity contribution is 5.94. The van der Waals surface area contributed by atoms with Crippen LogP contribution in [0.15, 0.2) is 24.3 Å². The summed E-state index contributed by atoms with van der Waals surface area (Å²) < 4.78 is 0. The van der Waals surface area contributed by atoms with E-state index in [1.165, 1.54) is 12.8 Å². The van der Waals surface area contributed by atoms with Gasteiger partial charge >= 0.3 is 0 Å². The molecule has 2 aliphatic rings. The lowest BCUT2D eigenvalue weighted by Crippen LogP contribution is -2.50. The van der Waals surface area contributed by atoms with Gasteiger partial charge in [-0.25, -0.2) is 0 Å². The number of amides is 1. The Labute approximate surface area is 146 Å². The van der Waals surface area contributed by atoms with E-state index in [0.29, 0.717) is 23.3 Å². The minimum atomic E-state index is 0.0191. The molecule has 1 amide bonds. The topological polar surface area (TPSA) is 70.4 Å². The molecule has 134 valence electrons. The van der Waals surface area contributed by atoms with Gasteiger partial charge < -0.3 is 16.4 Å². The van der Waals surface area contributed by atoms with Crippen molar-refractivity contribution in [1.82, 2.24) is 15.5 Å². The lowest BCUT2D eigenvalue weighted by atomic mass is 9.89. The zero-order valence-corrected chi connectivity index (χ0v) is 15.1. The minimum absolute atomic E-state index is 0.0191. The summed E-state index contributed by atoms with van der Waals surface area (Å²) in [4.78, 5) is 14.8. The molecule has 1 aromatic rings. The van der Waals surface area contributed by atoms with Gasteiger partial charge in [0.2, 0.25) is 0 Å². The van der Waals surface area contributed by atoms with Crippen molar-refractivity contribution in [3.05, 3.63) is 29.8 Å². The predicted molar refractivity (Wildman–Crippen MR) is 100 cm³/mol. The van der Waals surface area contributed by atoms with E-state index in [1.54, 1.807) is 24.3 Å². The van der Waals surface area contributed by atoms with E-state index < -0.39 is 0 Å². The number of hydrogen-bond donors (Lipinski definition) is 3. The van der Waals surface area contributed by atoms with Gasteiger partial charge in [-0.1, -0.05) is 13.8 Å². The van der Waals surface area contributed by atoms with Crippen molar-refractivity contribution < 1.29 is 4.79 Å². The maximum Gasteiger partial charge on any atom is 0.251 e. The molecule has 0 bridgehead atoms. The standard InChI is InChI=1S/C17H26N4O.C2H6/c18-14-3-1-13(2-4-14)17(22)20-15-5-7-16(8-6-15)21-11-9-19-10-12-21;1-2/h1-4,15-16,19H,5-12,18H2,(H,20,22);1-2H3. The fraction of sp³-hybridized carbons (Fsp3) is 0.632. The fourth-order valence-corrected chi connectivity index (χ4v) is 3.54. The Bertz CT molecular complexity index is 489. The van der Waals surface area contributed by atoms with Crippen LogP contribution in [0.3, 0.4) is 0 Å². The van der Waals surface area contributed by atoms with Gasteiger partial charge in [-0.05, 0) is 49.9 Å². The van der Waals surface area contributed by atoms with E-state index in [0.717, 1.165) is 39.0 Å². The second-order valence-corrected chi connectivity index (χ2v) is 6.39. The molecule has 0 aromatic heterocycles. The van der Waals surface area contributed by atoms with Crippen LogP contribution in [0.2, 0.25) is 0 Å². The molecule has 0 radical (unpaired) electrons. The number of carbonyl (C=O) groups is 1. The molecule has 1 aliphatic carbocycles. The lowest BCUT2D eigenvalue weighted by Gasteiger charge is -2.39. The molecule has 0 atom stereocenters. The molecular weight excluding hydrogens is 300 g/mol. The molecule has 4 N–H and O–H groups in total. The van der Waals surface area contributed by atoms with Crippen molar-refractivity contribution in [3.63, 3.8) is 0 Å². The molecule has 5 heteroatoms. The fourth-order valence-electron chi connectivity index (χ4n) is 3.54. The van der Waals surface area contributed by atoms with Gasteiger partial charge in [-0.15, -0.1) is 0 Å². The highest BCUT2D eigenvalue weighted by Crippen LogP contribution is 2.23. The summed E-state index contributed by atoms with van der Waals surface area (Å²) in [6, 6.07) is 8.14. The first kappa shape index (κ1) is 18.7. The maximum atomic E-state index is 12.2. The number of piperazine rings is 1. The molecule has 0 unspecified atom stereocenters. The van der Waals surface area contributed by atoms with Crippen molar-refractivity contribution in [1.29, 1.82) is 0 Å². The Hall–Kier alpha value is -1.59. The highest BCUT2D eigenvalue weighted by atomic mass is 16.1. The first-order valence-electron chi connectivity index (χ1n) is 9.33. The van der Waals surface area contributed by atoms with Crippen LogP contribution in [0, 0.1) is 0 Å². The monoisotopic (exact) mass is 332 g/mol. The number of carbonyl (C=O) groups excluding carboxylic acids is 1. The summed E-state index contributed by atoms with van der Waals surface area (Å²) in [7, 11) is 0. The molecule has 1 aromatic carbocycles. The third-order valence-electron chi connectivity index (χ3n) is 4.87. The van der Waals surface area contributed by atoms with Gasteiger partial charge in [-0.3, -0.25) is 9.69 Å². The van der Waals surface area contributed by atoms with Crippen LogP contribution in [0.1, 0.15) is 49.9 Å². The second-order valence-electron chi connectivity index (χ2n) is 6.39. The number of hydrogen-bond acceptors (Lipinski definition) is 4. The quantitative estimate of drug-likeness (QED) is 0.743. The number of benzene rings is 1. The number of nitrogens with zero attached hydrogens (tertiary/aromatic N) is 1. The maximum absolute atomic E-state index is 12.2. The molecule has 1 saturated carbocycles. The van der Waals surface area contributed by atoms with Crippen LogP contribution < -0.4 is 16.4 Å². The molecule has 1 aliphatic heterocycles. The molecule has 0 spiro atoms. The van der Waals surface area contributed by atoms with Gasteiger partial charge in [0, 0.05) is 49.5 Å². The normalized spacial score (nSPS) is 24.6. The van der Waals surface area contributed by atoms with E-state index in [-0.39, 0.29) is 5.91 Å². The number of nitrogen functional groups attached to an aromatic ring is 1. The average Bonchev–Trinajstić information content (AvgIpc) is 2.65. The van der Waals surface area contributed by atoms with Gasteiger partial charge in [-0.2, -0.15) is 0 Å². The third kappa shape index (κ3) is 5.21. The first-order valence-corrected chi connectivity index (χ1v) is 9.33. The van der Waals surface area contributed by atoms with Crippen molar-refractivity contribution in [2.45, 2.75) is 51.6 Å². The van der Waals surface area contributed by atoms with Crippen LogP contribution in [-0.4, -0.2) is 49.1 Å². The van der Waals surface area contributed by atoms with E-state index in [9.17, 15) is 4.79 Å². The molecule has 24 heavy (non-hydrogen) atoms. The Balaban J connectivity index is 0.00000100. The molecule has 3 rings (SSSR count). The molecule has 5 nitrogen and oxygen atoms in total. The van der Waals surface area contributed by atoms with Crippen LogP contribution in [0.25, 0.3) is 0 Å². The van der Waals surface area contributed by atoms with Crippen LogP contribution >= 0.6 is 0 Å². The zero-order chi connectivity index (χ0) is 17.4. The van der Waals surface area contributed by atoms with E-state index in [1.807, 2.05) is 13.8 Å². The third-order valence-corrected chi connectivity index (χ3v) is 4.87. The minimum Gasteiger partial charge on any atom is -0.399 e. The van der Waals surface area contributed by atoms with Gasteiger partial charge in [0.15, 0.2) is 0 Å².